The van der Waals surface area contributed by atoms with Crippen molar-refractivity contribution in [1.29, 1.82) is 5.26 Å². The Bertz CT molecular complexity index is 363. The molecule has 1 aromatic carbocycles. The molecule has 0 spiro atoms. The molecule has 0 bridgehead atoms. The molecular weight excluding hydrogens is 208 g/mol. The van der Waals surface area contributed by atoms with E-state index >= 15 is 0 Å². The monoisotopic (exact) mass is 230 g/mol. The fourth-order valence-corrected chi connectivity index (χ4v) is 2.12. The highest BCUT2D eigenvalue weighted by Gasteiger charge is 2.12. The first-order chi connectivity index (χ1) is 8.04. The van der Waals surface area contributed by atoms with Gasteiger partial charge in [-0.05, 0) is 51.8 Å². The standard InChI is InChI=1S/C15H22N2/c1-12(2)17(13(3)4)10-9-14-5-7-15(11-16)8-6-14/h5-8,12-13H,9-10H2,1-4H3. The van der Waals surface area contributed by atoms with Crippen LogP contribution < -0.4 is 0 Å². The predicted octanol–water partition coefficient (Wildman–Crippen LogP) is 3.22. The minimum absolute atomic E-state index is 0.577. The number of benzene rings is 1. The van der Waals surface area contributed by atoms with Gasteiger partial charge in [0.2, 0.25) is 0 Å². The van der Waals surface area contributed by atoms with Crippen LogP contribution in [0.5, 0.6) is 0 Å². The van der Waals surface area contributed by atoms with Crippen LogP contribution in [0.3, 0.4) is 0 Å². The normalized spacial score (nSPS) is 11.2. The molecule has 0 N–H and O–H groups in total. The van der Waals surface area contributed by atoms with Crippen molar-refractivity contribution >= 4 is 0 Å². The van der Waals surface area contributed by atoms with Gasteiger partial charge in [-0.2, -0.15) is 5.26 Å². The summed E-state index contributed by atoms with van der Waals surface area (Å²) in [5.74, 6) is 0. The summed E-state index contributed by atoms with van der Waals surface area (Å²) in [6.45, 7) is 10.0. The van der Waals surface area contributed by atoms with Gasteiger partial charge in [0.1, 0.15) is 0 Å². The lowest BCUT2D eigenvalue weighted by molar-refractivity contribution is 0.177. The van der Waals surface area contributed by atoms with Crippen molar-refractivity contribution in [3.63, 3.8) is 0 Å². The Labute approximate surface area is 105 Å². The minimum Gasteiger partial charge on any atom is -0.298 e. The number of rotatable bonds is 5. The van der Waals surface area contributed by atoms with E-state index in [0.717, 1.165) is 18.5 Å². The largest absolute Gasteiger partial charge is 0.298 e. The van der Waals surface area contributed by atoms with Gasteiger partial charge in [0.05, 0.1) is 11.6 Å². The molecule has 0 saturated carbocycles. The van der Waals surface area contributed by atoms with Gasteiger partial charge in [-0.25, -0.2) is 0 Å². The quantitative estimate of drug-likeness (QED) is 0.776. The molecule has 0 aliphatic rings. The highest BCUT2D eigenvalue weighted by molar-refractivity contribution is 5.31. The lowest BCUT2D eigenvalue weighted by atomic mass is 10.1. The summed E-state index contributed by atoms with van der Waals surface area (Å²) in [7, 11) is 0. The van der Waals surface area contributed by atoms with Gasteiger partial charge in [0.15, 0.2) is 0 Å². The second-order valence-electron chi connectivity index (χ2n) is 4.98. The molecule has 2 heteroatoms. The molecule has 0 unspecified atom stereocenters. The van der Waals surface area contributed by atoms with Crippen LogP contribution in [0, 0.1) is 11.3 Å². The van der Waals surface area contributed by atoms with Gasteiger partial charge in [-0.3, -0.25) is 4.90 Å². The molecule has 0 heterocycles. The first-order valence-corrected chi connectivity index (χ1v) is 6.29. The van der Waals surface area contributed by atoms with Gasteiger partial charge < -0.3 is 0 Å². The zero-order valence-electron chi connectivity index (χ0n) is 11.3. The van der Waals surface area contributed by atoms with Crippen LogP contribution in [0.2, 0.25) is 0 Å². The maximum Gasteiger partial charge on any atom is 0.0991 e. The summed E-state index contributed by atoms with van der Waals surface area (Å²) in [4.78, 5) is 2.48. The van der Waals surface area contributed by atoms with Crippen LogP contribution in [-0.2, 0) is 6.42 Å². The molecule has 0 radical (unpaired) electrons. The summed E-state index contributed by atoms with van der Waals surface area (Å²) >= 11 is 0. The van der Waals surface area contributed by atoms with Gasteiger partial charge >= 0.3 is 0 Å². The average Bonchev–Trinajstić information content (AvgIpc) is 2.29. The first kappa shape index (κ1) is 13.7. The topological polar surface area (TPSA) is 27.0 Å². The molecule has 0 fully saturated rings. The number of hydrogen-bond donors (Lipinski definition) is 0. The summed E-state index contributed by atoms with van der Waals surface area (Å²) in [5, 5.41) is 8.73. The Morgan fingerprint density at radius 1 is 1.06 bits per heavy atom. The molecular formula is C15H22N2. The van der Waals surface area contributed by atoms with E-state index in [4.69, 9.17) is 5.26 Å². The Morgan fingerprint density at radius 2 is 1.59 bits per heavy atom. The average molecular weight is 230 g/mol. The SMILES string of the molecule is CC(C)N(CCc1ccc(C#N)cc1)C(C)C. The maximum atomic E-state index is 8.73. The van der Waals surface area contributed by atoms with Crippen molar-refractivity contribution in [3.8, 4) is 6.07 Å². The Balaban J connectivity index is 2.57. The molecule has 0 atom stereocenters. The second kappa shape index (κ2) is 6.42. The van der Waals surface area contributed by atoms with Crippen LogP contribution in [-0.4, -0.2) is 23.5 Å². The highest BCUT2D eigenvalue weighted by Crippen LogP contribution is 2.09. The molecule has 0 amide bonds. The van der Waals surface area contributed by atoms with E-state index in [1.165, 1.54) is 5.56 Å². The predicted molar refractivity (Wildman–Crippen MR) is 71.8 cm³/mol. The second-order valence-corrected chi connectivity index (χ2v) is 4.98. The highest BCUT2D eigenvalue weighted by atomic mass is 15.2. The Kier molecular flexibility index (Phi) is 5.18. The summed E-state index contributed by atoms with van der Waals surface area (Å²) in [6.07, 6.45) is 1.04. The summed E-state index contributed by atoms with van der Waals surface area (Å²) in [5.41, 5.74) is 2.04. The Morgan fingerprint density at radius 3 is 2.00 bits per heavy atom. The van der Waals surface area contributed by atoms with Crippen molar-refractivity contribution in [1.82, 2.24) is 4.90 Å². The first-order valence-electron chi connectivity index (χ1n) is 6.29. The van der Waals surface area contributed by atoms with Crippen LogP contribution in [0.25, 0.3) is 0 Å². The molecule has 2 nitrogen and oxygen atoms in total. The third-order valence-electron chi connectivity index (χ3n) is 3.07. The number of hydrogen-bond acceptors (Lipinski definition) is 2. The molecule has 1 rings (SSSR count). The van der Waals surface area contributed by atoms with Crippen molar-refractivity contribution in [2.24, 2.45) is 0 Å². The van der Waals surface area contributed by atoms with Crippen LogP contribution in [0.1, 0.15) is 38.8 Å². The van der Waals surface area contributed by atoms with E-state index in [2.05, 4.69) is 50.8 Å². The number of nitriles is 1. The Hall–Kier alpha value is -1.33. The zero-order chi connectivity index (χ0) is 12.8. The third kappa shape index (κ3) is 4.20. The smallest absolute Gasteiger partial charge is 0.0991 e. The molecule has 0 aliphatic carbocycles. The van der Waals surface area contributed by atoms with E-state index in [1.54, 1.807) is 0 Å². The van der Waals surface area contributed by atoms with E-state index in [0.29, 0.717) is 12.1 Å². The third-order valence-corrected chi connectivity index (χ3v) is 3.07. The minimum atomic E-state index is 0.577. The molecule has 0 aromatic heterocycles. The molecule has 1 aromatic rings. The molecule has 92 valence electrons. The van der Waals surface area contributed by atoms with E-state index in [1.807, 2.05) is 12.1 Å². The van der Waals surface area contributed by atoms with Crippen LogP contribution in [0.4, 0.5) is 0 Å². The summed E-state index contributed by atoms with van der Waals surface area (Å²) in [6, 6.07) is 11.2. The van der Waals surface area contributed by atoms with E-state index in [9.17, 15) is 0 Å². The van der Waals surface area contributed by atoms with Crippen LogP contribution >= 0.6 is 0 Å². The van der Waals surface area contributed by atoms with Crippen molar-refractivity contribution in [3.05, 3.63) is 35.4 Å². The van der Waals surface area contributed by atoms with Crippen LogP contribution in [0.15, 0.2) is 24.3 Å². The van der Waals surface area contributed by atoms with Crippen molar-refractivity contribution < 1.29 is 0 Å². The lowest BCUT2D eigenvalue weighted by Gasteiger charge is -2.30. The maximum absolute atomic E-state index is 8.73. The summed E-state index contributed by atoms with van der Waals surface area (Å²) < 4.78 is 0. The number of nitrogens with zero attached hydrogens (tertiary/aromatic N) is 2. The van der Waals surface area contributed by atoms with Gasteiger partial charge in [-0.15, -0.1) is 0 Å². The van der Waals surface area contributed by atoms with Gasteiger partial charge in [0, 0.05) is 18.6 Å². The van der Waals surface area contributed by atoms with Crippen molar-refractivity contribution in [2.45, 2.75) is 46.2 Å². The van der Waals surface area contributed by atoms with Gasteiger partial charge in [-0.1, -0.05) is 12.1 Å². The van der Waals surface area contributed by atoms with E-state index < -0.39 is 0 Å². The zero-order valence-corrected chi connectivity index (χ0v) is 11.3. The molecule has 0 saturated heterocycles. The van der Waals surface area contributed by atoms with E-state index in [-0.39, 0.29) is 0 Å². The lowest BCUT2D eigenvalue weighted by Crippen LogP contribution is -2.38. The molecule has 17 heavy (non-hydrogen) atoms. The fraction of sp³-hybridized carbons (Fsp3) is 0.533. The van der Waals surface area contributed by atoms with Crippen molar-refractivity contribution in [2.75, 3.05) is 6.54 Å². The fourth-order valence-electron chi connectivity index (χ4n) is 2.12. The van der Waals surface area contributed by atoms with Gasteiger partial charge in [0.25, 0.3) is 0 Å². The molecule has 0 aliphatic heterocycles.